The highest BCUT2D eigenvalue weighted by Gasteiger charge is 2.28. The third-order valence-electron chi connectivity index (χ3n) is 5.92. The molecule has 7 heteroatoms. The molecule has 2 N–H and O–H groups in total. The Morgan fingerprint density at radius 3 is 2.41 bits per heavy atom. The maximum atomic E-state index is 12.9. The number of carbonyl (C=O) groups excluding carboxylic acids is 2. The number of nitrogens with one attached hydrogen (secondary N) is 2. The Labute approximate surface area is 199 Å². The van der Waals surface area contributed by atoms with Crippen LogP contribution in [-0.4, -0.2) is 46.2 Å². The van der Waals surface area contributed by atoms with E-state index in [1.165, 1.54) is 0 Å². The quantitative estimate of drug-likeness (QED) is 0.446. The van der Waals surface area contributed by atoms with Crippen LogP contribution in [0.25, 0.3) is 11.1 Å². The minimum atomic E-state index is -0.267. The normalized spacial score (nSPS) is 12.3. The molecule has 34 heavy (non-hydrogen) atoms. The molecule has 0 bridgehead atoms. The number of rotatable bonds is 9. The summed E-state index contributed by atoms with van der Waals surface area (Å²) in [7, 11) is 4.84. The number of hydrogen-bond acceptors (Lipinski definition) is 6. The molecule has 3 aromatic carbocycles. The van der Waals surface area contributed by atoms with Crippen LogP contribution in [0.15, 0.2) is 54.6 Å². The summed E-state index contributed by atoms with van der Waals surface area (Å²) >= 11 is 0. The molecule has 0 heterocycles. The van der Waals surface area contributed by atoms with Crippen molar-refractivity contribution in [2.75, 3.05) is 45.1 Å². The molecule has 0 radical (unpaired) electrons. The first-order valence-electron chi connectivity index (χ1n) is 11.1. The molecule has 0 unspecified atom stereocenters. The van der Waals surface area contributed by atoms with E-state index < -0.39 is 0 Å². The summed E-state index contributed by atoms with van der Waals surface area (Å²) in [5.74, 6) is 0.988. The Bertz CT molecular complexity index is 1200. The number of fused-ring (bicyclic) bond motifs is 1. The van der Waals surface area contributed by atoms with Gasteiger partial charge in [-0.05, 0) is 53.9 Å². The molecular weight excluding hydrogens is 432 g/mol. The van der Waals surface area contributed by atoms with E-state index in [0.29, 0.717) is 54.3 Å². The Morgan fingerprint density at radius 1 is 0.912 bits per heavy atom. The fourth-order valence-corrected chi connectivity index (χ4v) is 4.28. The SMILES string of the molecule is COCCNc1ccc(C(=O)Nc2ccc(-c3cccc(OC)c3OC)c3c2C(=O)CC3)cc1. The highest BCUT2D eigenvalue weighted by Crippen LogP contribution is 2.43. The van der Waals surface area contributed by atoms with Gasteiger partial charge in [0.2, 0.25) is 0 Å². The van der Waals surface area contributed by atoms with Crippen LogP contribution < -0.4 is 20.1 Å². The van der Waals surface area contributed by atoms with Gasteiger partial charge < -0.3 is 24.8 Å². The third-order valence-corrected chi connectivity index (χ3v) is 5.92. The first-order valence-corrected chi connectivity index (χ1v) is 11.1. The number of benzene rings is 3. The molecule has 3 aromatic rings. The lowest BCUT2D eigenvalue weighted by atomic mass is 9.94. The standard InChI is InChI=1S/C27H28N2O5/c1-32-16-15-28-18-9-7-17(8-10-18)27(31)29-22-13-11-19(20-12-14-23(30)25(20)22)21-5-4-6-24(33-2)26(21)34-3/h4-11,13,28H,12,14-16H2,1-3H3,(H,29,31). The predicted molar refractivity (Wildman–Crippen MR) is 132 cm³/mol. The minimum absolute atomic E-state index is 0.0201. The van der Waals surface area contributed by atoms with Crippen LogP contribution in [-0.2, 0) is 11.2 Å². The summed E-state index contributed by atoms with van der Waals surface area (Å²) < 4.78 is 16.1. The van der Waals surface area contributed by atoms with Gasteiger partial charge in [-0.2, -0.15) is 0 Å². The van der Waals surface area contributed by atoms with Gasteiger partial charge in [-0.15, -0.1) is 0 Å². The van der Waals surface area contributed by atoms with Crippen LogP contribution in [0.3, 0.4) is 0 Å². The summed E-state index contributed by atoms with van der Waals surface area (Å²) in [4.78, 5) is 25.7. The first-order chi connectivity index (χ1) is 16.6. The molecule has 7 nitrogen and oxygen atoms in total. The third kappa shape index (κ3) is 4.61. The Morgan fingerprint density at radius 2 is 1.71 bits per heavy atom. The zero-order chi connectivity index (χ0) is 24.1. The Balaban J connectivity index is 1.62. The zero-order valence-corrected chi connectivity index (χ0v) is 19.6. The molecule has 0 aromatic heterocycles. The second-order valence-electron chi connectivity index (χ2n) is 7.93. The lowest BCUT2D eigenvalue weighted by Crippen LogP contribution is -2.15. The van der Waals surface area contributed by atoms with E-state index in [4.69, 9.17) is 14.2 Å². The fourth-order valence-electron chi connectivity index (χ4n) is 4.28. The van der Waals surface area contributed by atoms with Crippen LogP contribution in [0.2, 0.25) is 0 Å². The topological polar surface area (TPSA) is 85.9 Å². The van der Waals surface area contributed by atoms with Gasteiger partial charge in [0.25, 0.3) is 5.91 Å². The van der Waals surface area contributed by atoms with Crippen LogP contribution in [0.5, 0.6) is 11.5 Å². The van der Waals surface area contributed by atoms with E-state index in [1.54, 1.807) is 39.5 Å². The fraction of sp³-hybridized carbons (Fsp3) is 0.259. The number of amides is 1. The maximum absolute atomic E-state index is 12.9. The summed E-state index contributed by atoms with van der Waals surface area (Å²) in [6, 6.07) is 16.6. The number of methoxy groups -OCH3 is 3. The number of hydrogen-bond donors (Lipinski definition) is 2. The summed E-state index contributed by atoms with van der Waals surface area (Å²) in [5, 5.41) is 6.15. The van der Waals surface area contributed by atoms with E-state index in [9.17, 15) is 9.59 Å². The van der Waals surface area contributed by atoms with E-state index in [0.717, 1.165) is 22.4 Å². The van der Waals surface area contributed by atoms with Gasteiger partial charge in [-0.25, -0.2) is 0 Å². The van der Waals surface area contributed by atoms with Crippen LogP contribution in [0.1, 0.15) is 32.7 Å². The van der Waals surface area contributed by atoms with Crippen molar-refractivity contribution in [1.82, 2.24) is 0 Å². The average Bonchev–Trinajstić information content (AvgIpc) is 3.26. The van der Waals surface area contributed by atoms with Gasteiger partial charge in [-0.1, -0.05) is 18.2 Å². The number of Topliss-reactive ketones (excluding diaryl/α,β-unsaturated/α-hetero) is 1. The Kier molecular flexibility index (Phi) is 7.13. The molecule has 4 rings (SSSR count). The van der Waals surface area contributed by atoms with E-state index in [2.05, 4.69) is 10.6 Å². The van der Waals surface area contributed by atoms with Crippen LogP contribution in [0, 0.1) is 0 Å². The second-order valence-corrected chi connectivity index (χ2v) is 7.93. The van der Waals surface area contributed by atoms with Crippen molar-refractivity contribution in [3.63, 3.8) is 0 Å². The Hall–Kier alpha value is -3.84. The minimum Gasteiger partial charge on any atom is -0.493 e. The van der Waals surface area contributed by atoms with Crippen LogP contribution in [0.4, 0.5) is 11.4 Å². The summed E-state index contributed by atoms with van der Waals surface area (Å²) in [6.45, 7) is 1.28. The number of para-hydroxylation sites is 1. The van der Waals surface area contributed by atoms with Gasteiger partial charge in [0.1, 0.15) is 0 Å². The lowest BCUT2D eigenvalue weighted by Gasteiger charge is -2.17. The first kappa shape index (κ1) is 23.3. The van der Waals surface area contributed by atoms with Crippen LogP contribution >= 0.6 is 0 Å². The molecule has 0 atom stereocenters. The smallest absolute Gasteiger partial charge is 0.255 e. The van der Waals surface area contributed by atoms with Crippen molar-refractivity contribution in [2.24, 2.45) is 0 Å². The van der Waals surface area contributed by atoms with Crippen molar-refractivity contribution in [3.05, 3.63) is 71.3 Å². The van der Waals surface area contributed by atoms with Crippen molar-refractivity contribution in [3.8, 4) is 22.6 Å². The molecule has 1 aliphatic carbocycles. The number of ether oxygens (including phenoxy) is 3. The molecule has 0 aliphatic heterocycles. The van der Waals surface area contributed by atoms with Gasteiger partial charge in [-0.3, -0.25) is 9.59 Å². The number of anilines is 2. The van der Waals surface area contributed by atoms with Gasteiger partial charge in [0.05, 0.1) is 26.5 Å². The lowest BCUT2D eigenvalue weighted by molar-refractivity contribution is 0.0995. The summed E-state index contributed by atoms with van der Waals surface area (Å²) in [6.07, 6.45) is 1.01. The van der Waals surface area contributed by atoms with Gasteiger partial charge >= 0.3 is 0 Å². The van der Waals surface area contributed by atoms with E-state index in [1.807, 2.05) is 36.4 Å². The number of carbonyl (C=O) groups is 2. The highest BCUT2D eigenvalue weighted by atomic mass is 16.5. The molecule has 0 saturated heterocycles. The van der Waals surface area contributed by atoms with E-state index in [-0.39, 0.29) is 11.7 Å². The second kappa shape index (κ2) is 10.4. The van der Waals surface area contributed by atoms with E-state index >= 15 is 0 Å². The molecule has 1 aliphatic rings. The summed E-state index contributed by atoms with van der Waals surface area (Å²) in [5.41, 5.74) is 5.16. The van der Waals surface area contributed by atoms with Crippen molar-refractivity contribution in [1.29, 1.82) is 0 Å². The number of ketones is 1. The zero-order valence-electron chi connectivity index (χ0n) is 19.6. The van der Waals surface area contributed by atoms with Crippen molar-refractivity contribution < 1.29 is 23.8 Å². The molecular formula is C27H28N2O5. The maximum Gasteiger partial charge on any atom is 0.255 e. The average molecular weight is 461 g/mol. The van der Waals surface area contributed by atoms with Gasteiger partial charge in [0, 0.05) is 42.5 Å². The van der Waals surface area contributed by atoms with Crippen molar-refractivity contribution >= 4 is 23.1 Å². The molecule has 1 amide bonds. The predicted octanol–water partition coefficient (Wildman–Crippen LogP) is 4.81. The van der Waals surface area contributed by atoms with Crippen molar-refractivity contribution in [2.45, 2.75) is 12.8 Å². The largest absolute Gasteiger partial charge is 0.493 e. The molecule has 0 fully saturated rings. The molecule has 0 saturated carbocycles. The molecule has 176 valence electrons. The molecule has 0 spiro atoms. The monoisotopic (exact) mass is 460 g/mol. The highest BCUT2D eigenvalue weighted by molar-refractivity contribution is 6.12. The van der Waals surface area contributed by atoms with Gasteiger partial charge in [0.15, 0.2) is 17.3 Å².